The molecule has 0 heterocycles. The number of rotatable bonds is 8. The second-order valence-electron chi connectivity index (χ2n) is 5.13. The van der Waals surface area contributed by atoms with E-state index in [4.69, 9.17) is 14.2 Å². The lowest BCUT2D eigenvalue weighted by atomic mass is 10.2. The second kappa shape index (κ2) is 8.63. The minimum atomic E-state index is -3.95. The highest BCUT2D eigenvalue weighted by molar-refractivity contribution is 7.89. The zero-order valence-corrected chi connectivity index (χ0v) is 15.0. The summed E-state index contributed by atoms with van der Waals surface area (Å²) in [6.07, 6.45) is 0. The van der Waals surface area contributed by atoms with Gasteiger partial charge in [0.2, 0.25) is 10.0 Å². The number of benzene rings is 2. The maximum absolute atomic E-state index is 13.0. The van der Waals surface area contributed by atoms with Crippen molar-refractivity contribution in [3.05, 3.63) is 53.8 Å². The summed E-state index contributed by atoms with van der Waals surface area (Å²) in [7, 11) is -1.14. The molecule has 0 aromatic heterocycles. The molecule has 0 fully saturated rings. The van der Waals surface area contributed by atoms with E-state index in [1.54, 1.807) is 6.07 Å². The van der Waals surface area contributed by atoms with Gasteiger partial charge >= 0.3 is 5.97 Å². The van der Waals surface area contributed by atoms with Crippen molar-refractivity contribution in [2.45, 2.75) is 11.5 Å². The lowest BCUT2D eigenvalue weighted by Crippen LogP contribution is -2.30. The molecule has 0 amide bonds. The maximum atomic E-state index is 13.0. The second-order valence-corrected chi connectivity index (χ2v) is 6.90. The molecule has 0 aliphatic rings. The average molecular weight is 383 g/mol. The molecule has 0 aliphatic carbocycles. The summed E-state index contributed by atoms with van der Waals surface area (Å²) in [6, 6.07) is 9.60. The van der Waals surface area contributed by atoms with Crippen LogP contribution in [0.25, 0.3) is 0 Å². The van der Waals surface area contributed by atoms with Gasteiger partial charge in [-0.05, 0) is 29.8 Å². The summed E-state index contributed by atoms with van der Waals surface area (Å²) in [5.74, 6) is -0.629. The van der Waals surface area contributed by atoms with Gasteiger partial charge in [0.05, 0.1) is 19.1 Å². The molecular weight excluding hydrogens is 365 g/mol. The van der Waals surface area contributed by atoms with Gasteiger partial charge in [-0.2, -0.15) is 4.72 Å². The van der Waals surface area contributed by atoms with Gasteiger partial charge < -0.3 is 14.2 Å². The fourth-order valence-corrected chi connectivity index (χ4v) is 3.05. The van der Waals surface area contributed by atoms with E-state index in [2.05, 4.69) is 4.72 Å². The first-order valence-corrected chi connectivity index (χ1v) is 8.96. The molecule has 0 bridgehead atoms. The zero-order valence-electron chi connectivity index (χ0n) is 14.2. The Bertz CT molecular complexity index is 885. The van der Waals surface area contributed by atoms with E-state index in [9.17, 15) is 17.6 Å². The highest BCUT2D eigenvalue weighted by Gasteiger charge is 2.18. The van der Waals surface area contributed by atoms with E-state index in [1.807, 2.05) is 0 Å². The van der Waals surface area contributed by atoms with Crippen molar-refractivity contribution in [1.82, 2.24) is 4.72 Å². The third-order valence-electron chi connectivity index (χ3n) is 3.36. The van der Waals surface area contributed by atoms with Crippen LogP contribution in [0.3, 0.4) is 0 Å². The monoisotopic (exact) mass is 383 g/mol. The quantitative estimate of drug-likeness (QED) is 0.700. The topological polar surface area (TPSA) is 90.9 Å². The Balaban J connectivity index is 1.96. The van der Waals surface area contributed by atoms with Gasteiger partial charge in [-0.15, -0.1) is 0 Å². The molecule has 0 spiro atoms. The lowest BCUT2D eigenvalue weighted by Gasteiger charge is -2.11. The molecule has 0 unspecified atom stereocenters. The molecule has 0 atom stereocenters. The van der Waals surface area contributed by atoms with Crippen molar-refractivity contribution in [3.8, 4) is 11.5 Å². The van der Waals surface area contributed by atoms with Gasteiger partial charge in [0, 0.05) is 6.07 Å². The van der Waals surface area contributed by atoms with Crippen molar-refractivity contribution < 1.29 is 31.8 Å². The first kappa shape index (κ1) is 19.7. The van der Waals surface area contributed by atoms with Crippen LogP contribution < -0.4 is 14.2 Å². The van der Waals surface area contributed by atoms with Gasteiger partial charge in [0.25, 0.3) is 0 Å². The van der Waals surface area contributed by atoms with E-state index in [0.717, 1.165) is 0 Å². The van der Waals surface area contributed by atoms with Gasteiger partial charge in [-0.3, -0.25) is 4.79 Å². The molecule has 0 saturated carbocycles. The Morgan fingerprint density at radius 3 is 2.46 bits per heavy atom. The van der Waals surface area contributed by atoms with Gasteiger partial charge in [0.15, 0.2) is 11.5 Å². The summed E-state index contributed by atoms with van der Waals surface area (Å²) in [5.41, 5.74) is 0.459. The van der Waals surface area contributed by atoms with E-state index in [0.29, 0.717) is 11.3 Å². The molecule has 0 saturated heterocycles. The largest absolute Gasteiger partial charge is 0.493 e. The van der Waals surface area contributed by atoms with Crippen molar-refractivity contribution >= 4 is 16.0 Å². The van der Waals surface area contributed by atoms with Crippen LogP contribution in [0.1, 0.15) is 5.56 Å². The number of nitrogens with one attached hydrogen (secondary N) is 1. The van der Waals surface area contributed by atoms with Crippen molar-refractivity contribution in [1.29, 1.82) is 0 Å². The molecule has 0 aliphatic heterocycles. The smallest absolute Gasteiger partial charge is 0.321 e. The average Bonchev–Trinajstić information content (AvgIpc) is 2.64. The molecular formula is C17H18FNO6S. The van der Waals surface area contributed by atoms with E-state index in [1.165, 1.54) is 50.6 Å². The Kier molecular flexibility index (Phi) is 6.53. The Morgan fingerprint density at radius 2 is 1.81 bits per heavy atom. The maximum Gasteiger partial charge on any atom is 0.321 e. The van der Waals surface area contributed by atoms with Crippen LogP contribution in [-0.4, -0.2) is 35.2 Å². The molecule has 7 nitrogen and oxygen atoms in total. The van der Waals surface area contributed by atoms with Gasteiger partial charge in [-0.1, -0.05) is 12.1 Å². The van der Waals surface area contributed by atoms with Crippen LogP contribution in [0, 0.1) is 5.82 Å². The zero-order chi connectivity index (χ0) is 19.2. The SMILES string of the molecule is COc1ccc(S(=O)(=O)NCC(=O)OCc2cccc(F)c2)cc1OC. The fraction of sp³-hybridized carbons (Fsp3) is 0.235. The van der Waals surface area contributed by atoms with Crippen molar-refractivity contribution in [2.24, 2.45) is 0 Å². The summed E-state index contributed by atoms with van der Waals surface area (Å²) < 4.78 is 54.7. The summed E-state index contributed by atoms with van der Waals surface area (Å²) in [4.78, 5) is 11.6. The fourth-order valence-electron chi connectivity index (χ4n) is 2.06. The number of esters is 1. The minimum absolute atomic E-state index is 0.0897. The van der Waals surface area contributed by atoms with Gasteiger partial charge in [-0.25, -0.2) is 12.8 Å². The third kappa shape index (κ3) is 5.17. The number of hydrogen-bond acceptors (Lipinski definition) is 6. The minimum Gasteiger partial charge on any atom is -0.493 e. The first-order valence-electron chi connectivity index (χ1n) is 7.47. The van der Waals surface area contributed by atoms with Gasteiger partial charge in [0.1, 0.15) is 19.0 Å². The molecule has 9 heteroatoms. The van der Waals surface area contributed by atoms with E-state index < -0.39 is 28.4 Å². The van der Waals surface area contributed by atoms with Crippen LogP contribution in [0.5, 0.6) is 11.5 Å². The molecule has 2 rings (SSSR count). The van der Waals surface area contributed by atoms with Crippen LogP contribution in [0.4, 0.5) is 4.39 Å². The van der Waals surface area contributed by atoms with Crippen LogP contribution in [0.2, 0.25) is 0 Å². The molecule has 0 radical (unpaired) electrons. The lowest BCUT2D eigenvalue weighted by molar-refractivity contribution is -0.143. The number of sulfonamides is 1. The van der Waals surface area contributed by atoms with E-state index >= 15 is 0 Å². The highest BCUT2D eigenvalue weighted by atomic mass is 32.2. The molecule has 1 N–H and O–H groups in total. The predicted molar refractivity (Wildman–Crippen MR) is 90.9 cm³/mol. The predicted octanol–water partition coefficient (Wildman–Crippen LogP) is 1.86. The molecule has 2 aromatic carbocycles. The Hall–Kier alpha value is -2.65. The van der Waals surface area contributed by atoms with Crippen molar-refractivity contribution in [2.75, 3.05) is 20.8 Å². The number of ether oxygens (including phenoxy) is 3. The Morgan fingerprint density at radius 1 is 1.08 bits per heavy atom. The first-order chi connectivity index (χ1) is 12.4. The third-order valence-corrected chi connectivity index (χ3v) is 4.76. The van der Waals surface area contributed by atoms with Crippen molar-refractivity contribution in [3.63, 3.8) is 0 Å². The molecule has 140 valence electrons. The number of carbonyl (C=O) groups is 1. The molecule has 2 aromatic rings. The standard InChI is InChI=1S/C17H18FNO6S/c1-23-15-7-6-14(9-16(15)24-2)26(21,22)19-10-17(20)25-11-12-4-3-5-13(18)8-12/h3-9,19H,10-11H2,1-2H3. The number of hydrogen-bond donors (Lipinski definition) is 1. The Labute approximate surface area is 150 Å². The van der Waals surface area contributed by atoms with Crippen LogP contribution >= 0.6 is 0 Å². The summed E-state index contributed by atoms with van der Waals surface area (Å²) in [6.45, 7) is -0.722. The summed E-state index contributed by atoms with van der Waals surface area (Å²) in [5, 5.41) is 0. The number of carbonyl (C=O) groups excluding carboxylic acids is 1. The van der Waals surface area contributed by atoms with E-state index in [-0.39, 0.29) is 17.3 Å². The number of methoxy groups -OCH3 is 2. The normalized spacial score (nSPS) is 11.0. The number of halogens is 1. The summed E-state index contributed by atoms with van der Waals surface area (Å²) >= 11 is 0. The van der Waals surface area contributed by atoms with Crippen LogP contribution in [-0.2, 0) is 26.2 Å². The molecule has 26 heavy (non-hydrogen) atoms. The van der Waals surface area contributed by atoms with Crippen LogP contribution in [0.15, 0.2) is 47.4 Å². The highest BCUT2D eigenvalue weighted by Crippen LogP contribution is 2.29.